The lowest BCUT2D eigenvalue weighted by Gasteiger charge is -2.49. The van der Waals surface area contributed by atoms with Crippen molar-refractivity contribution in [1.29, 1.82) is 0 Å². The topological polar surface area (TPSA) is 20.2 Å². The Bertz CT molecular complexity index is 136. The molecule has 0 aromatic carbocycles. The van der Waals surface area contributed by atoms with Gasteiger partial charge in [-0.3, -0.25) is 0 Å². The molecule has 2 saturated carbocycles. The molecular weight excluding hydrogens is 124 g/mol. The molecule has 2 unspecified atom stereocenters. The van der Waals surface area contributed by atoms with Crippen LogP contribution in [0.5, 0.6) is 0 Å². The molecule has 0 aliphatic heterocycles. The molecular formula is C9H16O. The van der Waals surface area contributed by atoms with E-state index in [9.17, 15) is 5.11 Å². The molecule has 0 saturated heterocycles. The first-order chi connectivity index (χ1) is 4.75. The van der Waals surface area contributed by atoms with Gasteiger partial charge in [0.1, 0.15) is 0 Å². The molecule has 1 spiro atoms. The van der Waals surface area contributed by atoms with Crippen LogP contribution in [0.25, 0.3) is 0 Å². The second kappa shape index (κ2) is 1.97. The Balaban J connectivity index is 2.05. The standard InChI is InChI=1S/C9H16O/c1-7-8(10)6-9(7)4-2-3-5-9/h7-8,10H,2-6H2,1H3. The highest BCUT2D eigenvalue weighted by Gasteiger charge is 2.51. The van der Waals surface area contributed by atoms with Crippen LogP contribution < -0.4 is 0 Å². The number of hydrogen-bond donors (Lipinski definition) is 1. The Hall–Kier alpha value is -0.0400. The Labute approximate surface area is 62.4 Å². The Morgan fingerprint density at radius 3 is 2.30 bits per heavy atom. The van der Waals surface area contributed by atoms with Gasteiger partial charge in [-0.15, -0.1) is 0 Å². The van der Waals surface area contributed by atoms with Crippen LogP contribution in [0.3, 0.4) is 0 Å². The highest BCUT2D eigenvalue weighted by Crippen LogP contribution is 2.56. The minimum Gasteiger partial charge on any atom is -0.393 e. The van der Waals surface area contributed by atoms with Gasteiger partial charge >= 0.3 is 0 Å². The maximum absolute atomic E-state index is 9.34. The van der Waals surface area contributed by atoms with Crippen LogP contribution in [-0.2, 0) is 0 Å². The largest absolute Gasteiger partial charge is 0.393 e. The fourth-order valence-corrected chi connectivity index (χ4v) is 2.77. The first kappa shape index (κ1) is 6.66. The molecule has 2 rings (SSSR count). The van der Waals surface area contributed by atoms with Gasteiger partial charge in [0.2, 0.25) is 0 Å². The van der Waals surface area contributed by atoms with Gasteiger partial charge in [0.25, 0.3) is 0 Å². The van der Waals surface area contributed by atoms with Crippen LogP contribution in [0.15, 0.2) is 0 Å². The third-order valence-corrected chi connectivity index (χ3v) is 3.76. The Morgan fingerprint density at radius 1 is 1.30 bits per heavy atom. The molecule has 0 aromatic rings. The molecule has 1 heteroatoms. The summed E-state index contributed by atoms with van der Waals surface area (Å²) in [5.74, 6) is 0.593. The molecule has 2 fully saturated rings. The lowest BCUT2D eigenvalue weighted by atomic mass is 9.58. The van der Waals surface area contributed by atoms with E-state index in [2.05, 4.69) is 6.92 Å². The van der Waals surface area contributed by atoms with Crippen molar-refractivity contribution in [3.05, 3.63) is 0 Å². The molecule has 1 nitrogen and oxygen atoms in total. The zero-order chi connectivity index (χ0) is 7.19. The van der Waals surface area contributed by atoms with Gasteiger partial charge in [-0.25, -0.2) is 0 Å². The van der Waals surface area contributed by atoms with Gasteiger partial charge in [-0.05, 0) is 30.6 Å². The van der Waals surface area contributed by atoms with Crippen LogP contribution in [0.4, 0.5) is 0 Å². The highest BCUT2D eigenvalue weighted by molar-refractivity contribution is 5.01. The van der Waals surface area contributed by atoms with Crippen molar-refractivity contribution in [3.8, 4) is 0 Å². The number of aliphatic hydroxyl groups is 1. The van der Waals surface area contributed by atoms with E-state index in [0.29, 0.717) is 11.3 Å². The molecule has 0 amide bonds. The van der Waals surface area contributed by atoms with E-state index in [-0.39, 0.29) is 6.10 Å². The monoisotopic (exact) mass is 140 g/mol. The normalized spacial score (nSPS) is 43.8. The van der Waals surface area contributed by atoms with Crippen LogP contribution in [0, 0.1) is 11.3 Å². The van der Waals surface area contributed by atoms with Crippen molar-refractivity contribution in [1.82, 2.24) is 0 Å². The average Bonchev–Trinajstić information content (AvgIpc) is 2.38. The number of rotatable bonds is 0. The maximum Gasteiger partial charge on any atom is 0.0576 e. The minimum atomic E-state index is 0.0260. The SMILES string of the molecule is CC1C(O)CC12CCCC2. The van der Waals surface area contributed by atoms with Crippen molar-refractivity contribution >= 4 is 0 Å². The summed E-state index contributed by atoms with van der Waals surface area (Å²) in [7, 11) is 0. The molecule has 2 aliphatic rings. The fraction of sp³-hybridized carbons (Fsp3) is 1.00. The Morgan fingerprint density at radius 2 is 1.90 bits per heavy atom. The molecule has 1 N–H and O–H groups in total. The lowest BCUT2D eigenvalue weighted by Crippen LogP contribution is -2.48. The van der Waals surface area contributed by atoms with Crippen LogP contribution in [0.1, 0.15) is 39.0 Å². The summed E-state index contributed by atoms with van der Waals surface area (Å²) in [5, 5.41) is 9.34. The van der Waals surface area contributed by atoms with E-state index in [1.54, 1.807) is 0 Å². The van der Waals surface area contributed by atoms with Gasteiger partial charge in [-0.2, -0.15) is 0 Å². The third kappa shape index (κ3) is 0.672. The molecule has 0 heterocycles. The Kier molecular flexibility index (Phi) is 1.31. The zero-order valence-electron chi connectivity index (χ0n) is 6.64. The van der Waals surface area contributed by atoms with Crippen molar-refractivity contribution in [2.75, 3.05) is 0 Å². The van der Waals surface area contributed by atoms with E-state index >= 15 is 0 Å². The average molecular weight is 140 g/mol. The van der Waals surface area contributed by atoms with Crippen LogP contribution in [-0.4, -0.2) is 11.2 Å². The third-order valence-electron chi connectivity index (χ3n) is 3.76. The first-order valence-corrected chi connectivity index (χ1v) is 4.43. The molecule has 0 radical (unpaired) electrons. The van der Waals surface area contributed by atoms with Gasteiger partial charge in [-0.1, -0.05) is 19.8 Å². The molecule has 2 atom stereocenters. The highest BCUT2D eigenvalue weighted by atomic mass is 16.3. The van der Waals surface area contributed by atoms with E-state index in [4.69, 9.17) is 0 Å². The van der Waals surface area contributed by atoms with Crippen molar-refractivity contribution in [2.24, 2.45) is 11.3 Å². The lowest BCUT2D eigenvalue weighted by molar-refractivity contribution is -0.0943. The molecule has 0 aromatic heterocycles. The van der Waals surface area contributed by atoms with E-state index < -0.39 is 0 Å². The molecule has 10 heavy (non-hydrogen) atoms. The second-order valence-electron chi connectivity index (χ2n) is 4.13. The first-order valence-electron chi connectivity index (χ1n) is 4.43. The summed E-state index contributed by atoms with van der Waals surface area (Å²) < 4.78 is 0. The van der Waals surface area contributed by atoms with Gasteiger partial charge in [0.05, 0.1) is 6.10 Å². The number of hydrogen-bond acceptors (Lipinski definition) is 1. The number of aliphatic hydroxyl groups excluding tert-OH is 1. The van der Waals surface area contributed by atoms with Crippen molar-refractivity contribution in [2.45, 2.75) is 45.1 Å². The van der Waals surface area contributed by atoms with E-state index in [0.717, 1.165) is 6.42 Å². The smallest absolute Gasteiger partial charge is 0.0576 e. The molecule has 2 aliphatic carbocycles. The maximum atomic E-state index is 9.34. The van der Waals surface area contributed by atoms with E-state index in [1.807, 2.05) is 0 Å². The minimum absolute atomic E-state index is 0.0260. The van der Waals surface area contributed by atoms with Crippen molar-refractivity contribution in [3.63, 3.8) is 0 Å². The van der Waals surface area contributed by atoms with Crippen molar-refractivity contribution < 1.29 is 5.11 Å². The second-order valence-corrected chi connectivity index (χ2v) is 4.13. The van der Waals surface area contributed by atoms with Gasteiger partial charge in [0.15, 0.2) is 0 Å². The summed E-state index contributed by atoms with van der Waals surface area (Å²) in [4.78, 5) is 0. The molecule has 0 bridgehead atoms. The summed E-state index contributed by atoms with van der Waals surface area (Å²) in [6.45, 7) is 2.21. The predicted octanol–water partition coefficient (Wildman–Crippen LogP) is 1.95. The fourth-order valence-electron chi connectivity index (χ4n) is 2.77. The summed E-state index contributed by atoms with van der Waals surface area (Å²) in [6, 6.07) is 0. The summed E-state index contributed by atoms with van der Waals surface area (Å²) in [6.07, 6.45) is 6.68. The molecule has 58 valence electrons. The quantitative estimate of drug-likeness (QED) is 0.545. The summed E-state index contributed by atoms with van der Waals surface area (Å²) >= 11 is 0. The zero-order valence-corrected chi connectivity index (χ0v) is 6.64. The predicted molar refractivity (Wildman–Crippen MR) is 40.7 cm³/mol. The van der Waals surface area contributed by atoms with E-state index in [1.165, 1.54) is 25.7 Å². The van der Waals surface area contributed by atoms with Gasteiger partial charge < -0.3 is 5.11 Å². The summed E-state index contributed by atoms with van der Waals surface area (Å²) in [5.41, 5.74) is 0.597. The van der Waals surface area contributed by atoms with Gasteiger partial charge in [0, 0.05) is 0 Å². The van der Waals surface area contributed by atoms with Crippen LogP contribution >= 0.6 is 0 Å². The van der Waals surface area contributed by atoms with Crippen LogP contribution in [0.2, 0.25) is 0 Å².